The number of carbonyl (C=O) groups is 1. The average molecular weight is 493 g/mol. The first-order valence-electron chi connectivity index (χ1n) is 12.1. The lowest BCUT2D eigenvalue weighted by Crippen LogP contribution is -2.34. The normalized spacial score (nSPS) is 22.3. The van der Waals surface area contributed by atoms with E-state index in [2.05, 4.69) is 12.7 Å². The molecule has 2 aliphatic rings. The van der Waals surface area contributed by atoms with E-state index in [0.717, 1.165) is 43.2 Å². The first-order valence-corrected chi connectivity index (χ1v) is 13.7. The second-order valence-electron chi connectivity index (χ2n) is 9.79. The number of ether oxygens (including phenoxy) is 1. The van der Waals surface area contributed by atoms with Crippen molar-refractivity contribution in [2.45, 2.75) is 84.2 Å². The summed E-state index contributed by atoms with van der Waals surface area (Å²) in [4.78, 5) is 32.1. The van der Waals surface area contributed by atoms with Gasteiger partial charge < -0.3 is 19.6 Å². The highest BCUT2D eigenvalue weighted by atomic mass is 31.2. The van der Waals surface area contributed by atoms with Crippen molar-refractivity contribution >= 4 is 13.8 Å². The van der Waals surface area contributed by atoms with Crippen LogP contribution >= 0.6 is 7.82 Å². The lowest BCUT2D eigenvalue weighted by Gasteiger charge is -2.32. The summed E-state index contributed by atoms with van der Waals surface area (Å²) in [6.07, 6.45) is 7.06. The zero-order chi connectivity index (χ0) is 25.0. The van der Waals surface area contributed by atoms with Gasteiger partial charge in [-0.25, -0.2) is 9.36 Å². The monoisotopic (exact) mass is 492 g/mol. The van der Waals surface area contributed by atoms with Gasteiger partial charge in [-0.05, 0) is 75.5 Å². The Labute approximate surface area is 202 Å². The molecule has 1 fully saturated rings. The fourth-order valence-corrected chi connectivity index (χ4v) is 5.88. The SMILES string of the molecule is C=C(C)[C@@H]1CCC(C)=C[C@H]1c1c(O)cc(CCC)cc1OC(=O)C(OP(=O)(O)O)C1CCCC1. The van der Waals surface area contributed by atoms with E-state index in [4.69, 9.17) is 9.26 Å². The lowest BCUT2D eigenvalue weighted by atomic mass is 9.73. The molecule has 8 heteroatoms. The number of esters is 1. The number of phosphoric ester groups is 1. The molecule has 0 aliphatic heterocycles. The van der Waals surface area contributed by atoms with Gasteiger partial charge >= 0.3 is 13.8 Å². The van der Waals surface area contributed by atoms with Crippen LogP contribution in [0.15, 0.2) is 35.9 Å². The molecule has 0 radical (unpaired) electrons. The summed E-state index contributed by atoms with van der Waals surface area (Å²) in [6, 6.07) is 3.47. The molecule has 34 heavy (non-hydrogen) atoms. The van der Waals surface area contributed by atoms with Gasteiger partial charge in [0.1, 0.15) is 11.5 Å². The Balaban J connectivity index is 2.04. The van der Waals surface area contributed by atoms with Crippen molar-refractivity contribution in [2.24, 2.45) is 11.8 Å². The van der Waals surface area contributed by atoms with E-state index in [1.165, 1.54) is 5.57 Å². The number of hydrogen-bond acceptors (Lipinski definition) is 5. The Kier molecular flexibility index (Phi) is 8.80. The van der Waals surface area contributed by atoms with Gasteiger partial charge in [-0.2, -0.15) is 0 Å². The molecule has 1 aromatic carbocycles. The van der Waals surface area contributed by atoms with E-state index < -0.39 is 19.9 Å². The molecule has 3 atom stereocenters. The molecule has 0 bridgehead atoms. The van der Waals surface area contributed by atoms with Gasteiger partial charge in [-0.1, -0.05) is 50.0 Å². The molecule has 0 amide bonds. The number of aryl methyl sites for hydroxylation is 1. The highest BCUT2D eigenvalue weighted by Gasteiger charge is 2.39. The maximum Gasteiger partial charge on any atom is 0.470 e. The molecule has 1 unspecified atom stereocenters. The molecular formula is C26H37O7P. The lowest BCUT2D eigenvalue weighted by molar-refractivity contribution is -0.145. The van der Waals surface area contributed by atoms with Gasteiger partial charge in [0.05, 0.1) is 0 Å². The minimum absolute atomic E-state index is 0.0456. The summed E-state index contributed by atoms with van der Waals surface area (Å²) in [5, 5.41) is 11.1. The van der Waals surface area contributed by atoms with E-state index in [1.54, 1.807) is 12.1 Å². The molecule has 188 valence electrons. The molecule has 0 saturated heterocycles. The van der Waals surface area contributed by atoms with Crippen molar-refractivity contribution in [3.63, 3.8) is 0 Å². The molecule has 1 aromatic rings. The van der Waals surface area contributed by atoms with Gasteiger partial charge in [-0.15, -0.1) is 0 Å². The maximum atomic E-state index is 13.3. The molecule has 3 N–H and O–H groups in total. The van der Waals surface area contributed by atoms with Gasteiger partial charge in [0.25, 0.3) is 0 Å². The molecule has 0 heterocycles. The van der Waals surface area contributed by atoms with Crippen LogP contribution in [0.4, 0.5) is 0 Å². The number of phenols is 1. The van der Waals surface area contributed by atoms with Gasteiger partial charge in [0.2, 0.25) is 0 Å². The number of phenolic OH excluding ortho intramolecular Hbond substituents is 1. The summed E-state index contributed by atoms with van der Waals surface area (Å²) >= 11 is 0. The Bertz CT molecular complexity index is 987. The first kappa shape index (κ1) is 26.7. The van der Waals surface area contributed by atoms with Gasteiger partial charge in [0, 0.05) is 11.5 Å². The van der Waals surface area contributed by atoms with Crippen LogP contribution in [0.5, 0.6) is 11.5 Å². The van der Waals surface area contributed by atoms with Crippen LogP contribution in [0, 0.1) is 11.8 Å². The second-order valence-corrected chi connectivity index (χ2v) is 11.0. The third kappa shape index (κ3) is 6.60. The van der Waals surface area contributed by atoms with Gasteiger partial charge in [-0.3, -0.25) is 4.52 Å². The highest BCUT2D eigenvalue weighted by Crippen LogP contribution is 2.48. The van der Waals surface area contributed by atoms with Crippen LogP contribution in [0.2, 0.25) is 0 Å². The zero-order valence-electron chi connectivity index (χ0n) is 20.3. The number of phosphoric acid groups is 1. The van der Waals surface area contributed by atoms with E-state index in [1.807, 2.05) is 20.8 Å². The average Bonchev–Trinajstić information content (AvgIpc) is 3.25. The van der Waals surface area contributed by atoms with Crippen LogP contribution in [-0.4, -0.2) is 27.0 Å². The maximum absolute atomic E-state index is 13.3. The van der Waals surface area contributed by atoms with Crippen molar-refractivity contribution in [2.75, 3.05) is 0 Å². The number of carbonyl (C=O) groups excluding carboxylic acids is 1. The topological polar surface area (TPSA) is 113 Å². The van der Waals surface area contributed by atoms with E-state index >= 15 is 0 Å². The first-order chi connectivity index (χ1) is 16.0. The van der Waals surface area contributed by atoms with Crippen LogP contribution in [0.1, 0.15) is 82.8 Å². The third-order valence-corrected chi connectivity index (χ3v) is 7.46. The molecular weight excluding hydrogens is 455 g/mol. The number of benzene rings is 1. The van der Waals surface area contributed by atoms with Gasteiger partial charge in [0.15, 0.2) is 6.10 Å². The summed E-state index contributed by atoms with van der Waals surface area (Å²) in [5.41, 5.74) is 3.49. The molecule has 2 aliphatic carbocycles. The minimum Gasteiger partial charge on any atom is -0.507 e. The fourth-order valence-electron chi connectivity index (χ4n) is 5.32. The fraction of sp³-hybridized carbons (Fsp3) is 0.577. The van der Waals surface area contributed by atoms with E-state index in [9.17, 15) is 24.3 Å². The predicted molar refractivity (Wildman–Crippen MR) is 131 cm³/mol. The molecule has 0 aromatic heterocycles. The van der Waals surface area contributed by atoms with Crippen LogP contribution in [0.25, 0.3) is 0 Å². The molecule has 0 spiro atoms. The molecule has 1 saturated carbocycles. The van der Waals surface area contributed by atoms with Crippen molar-refractivity contribution in [3.05, 3.63) is 47.1 Å². The Hall–Kier alpha value is -1.92. The molecule has 3 rings (SSSR count). The summed E-state index contributed by atoms with van der Waals surface area (Å²) < 4.78 is 22.4. The van der Waals surface area contributed by atoms with Crippen molar-refractivity contribution in [1.29, 1.82) is 0 Å². The third-order valence-electron chi connectivity index (χ3n) is 6.95. The summed E-state index contributed by atoms with van der Waals surface area (Å²) in [7, 11) is -4.90. The summed E-state index contributed by atoms with van der Waals surface area (Å²) in [5.74, 6) is -1.06. The number of rotatable bonds is 9. The Morgan fingerprint density at radius 1 is 1.24 bits per heavy atom. The highest BCUT2D eigenvalue weighted by molar-refractivity contribution is 7.46. The largest absolute Gasteiger partial charge is 0.507 e. The smallest absolute Gasteiger partial charge is 0.470 e. The van der Waals surface area contributed by atoms with E-state index in [0.29, 0.717) is 24.8 Å². The van der Waals surface area contributed by atoms with Crippen LogP contribution < -0.4 is 4.74 Å². The quantitative estimate of drug-likeness (QED) is 0.169. The molecule has 7 nitrogen and oxygen atoms in total. The Morgan fingerprint density at radius 3 is 2.50 bits per heavy atom. The van der Waals surface area contributed by atoms with Crippen LogP contribution in [-0.2, 0) is 20.3 Å². The second kappa shape index (κ2) is 11.2. The summed E-state index contributed by atoms with van der Waals surface area (Å²) in [6.45, 7) is 10.2. The van der Waals surface area contributed by atoms with Crippen molar-refractivity contribution in [1.82, 2.24) is 0 Å². The Morgan fingerprint density at radius 2 is 1.91 bits per heavy atom. The zero-order valence-corrected chi connectivity index (χ0v) is 21.2. The number of hydrogen-bond donors (Lipinski definition) is 3. The number of aromatic hydroxyl groups is 1. The number of allylic oxidation sites excluding steroid dienone is 3. The standard InChI is InChI=1S/C26H37O7P/c1-5-8-18-14-22(27)24(21-13-17(4)11-12-20(21)16(2)3)23(15-18)32-26(28)25(33-34(29,30)31)19-9-6-7-10-19/h13-15,19-21,25,27H,2,5-12H2,1,3-4H3,(H2,29,30,31)/t20-,21+,25?/m0/s1. The van der Waals surface area contributed by atoms with E-state index in [-0.39, 0.29) is 29.3 Å². The van der Waals surface area contributed by atoms with Crippen molar-refractivity contribution in [3.8, 4) is 11.5 Å². The van der Waals surface area contributed by atoms with Crippen LogP contribution in [0.3, 0.4) is 0 Å². The van der Waals surface area contributed by atoms with Crippen molar-refractivity contribution < 1.29 is 33.5 Å². The minimum atomic E-state index is -4.90. The predicted octanol–water partition coefficient (Wildman–Crippen LogP) is 5.93.